The van der Waals surface area contributed by atoms with Crippen molar-refractivity contribution in [2.75, 3.05) is 10.6 Å². The van der Waals surface area contributed by atoms with Crippen LogP contribution in [0.3, 0.4) is 0 Å². The number of ether oxygens (including phenoxy) is 2. The molecule has 3 N–H and O–H groups in total. The zero-order valence-electron chi connectivity index (χ0n) is 37.5. The molecule has 348 valence electrons. The molecule has 1 amide bonds. The van der Waals surface area contributed by atoms with E-state index in [1.807, 2.05) is 30.9 Å². The van der Waals surface area contributed by atoms with E-state index in [1.165, 1.54) is 12.8 Å². The lowest BCUT2D eigenvalue weighted by Gasteiger charge is -2.39. The van der Waals surface area contributed by atoms with Gasteiger partial charge in [-0.3, -0.25) is 0 Å². The quantitative estimate of drug-likeness (QED) is 0.0983. The average Bonchev–Trinajstić information content (AvgIpc) is 4.08. The molecule has 6 aromatic rings. The Hall–Kier alpha value is -6.17. The van der Waals surface area contributed by atoms with Gasteiger partial charge in [0.25, 0.3) is 0 Å². The molecule has 4 fully saturated rings. The summed E-state index contributed by atoms with van der Waals surface area (Å²) in [4.78, 5) is 49.1. The highest BCUT2D eigenvalue weighted by Crippen LogP contribution is 2.43. The van der Waals surface area contributed by atoms with Gasteiger partial charge in [0, 0.05) is 60.2 Å². The van der Waals surface area contributed by atoms with Gasteiger partial charge in [0.15, 0.2) is 11.4 Å². The summed E-state index contributed by atoms with van der Waals surface area (Å²) >= 11 is 17.5. The summed E-state index contributed by atoms with van der Waals surface area (Å²) in [6, 6.07) is 16.8. The Morgan fingerprint density at radius 1 is 0.672 bits per heavy atom. The number of carbonyl (C=O) groups excluding carboxylic acids is 2. The number of nitrogens with zero attached hydrogens (tertiary/aromatic N) is 9. The van der Waals surface area contributed by atoms with Crippen LogP contribution in [0, 0.1) is 13.1 Å². The van der Waals surface area contributed by atoms with Crippen LogP contribution < -0.4 is 16.0 Å². The molecule has 19 heteroatoms. The molecule has 0 spiro atoms. The van der Waals surface area contributed by atoms with Gasteiger partial charge in [-0.25, -0.2) is 39.2 Å². The van der Waals surface area contributed by atoms with E-state index in [4.69, 9.17) is 52.7 Å². The second-order valence-corrected chi connectivity index (χ2v) is 18.8. The first-order valence-electron chi connectivity index (χ1n) is 22.4. The predicted octanol–water partition coefficient (Wildman–Crippen LogP) is 12.7. The van der Waals surface area contributed by atoms with Gasteiger partial charge < -0.3 is 39.5 Å². The van der Waals surface area contributed by atoms with Crippen molar-refractivity contribution < 1.29 is 19.1 Å². The molecule has 67 heavy (non-hydrogen) atoms. The molecule has 0 aliphatic carbocycles. The zero-order valence-corrected chi connectivity index (χ0v) is 39.8. The molecule has 4 aliphatic rings. The van der Waals surface area contributed by atoms with Crippen LogP contribution in [0.2, 0.25) is 10.0 Å². The van der Waals surface area contributed by atoms with Crippen LogP contribution in [0.15, 0.2) is 73.6 Å². The SMILES string of the molecule is CC(C)OC(=O)Cl.[C-]#[N+]c1ccc(Nc2ncnc3c2ccn3C2CC3CCC(C2)N3)c(Cl)c1.[C-]#[N+]c1ccc(Nc2ncnc3c2ccn3C2CC3CCC(C2)N3C(=O)OC(C)C)c(Cl)c1. The van der Waals surface area contributed by atoms with Gasteiger partial charge in [0.1, 0.15) is 35.6 Å². The largest absolute Gasteiger partial charge is 0.451 e. The summed E-state index contributed by atoms with van der Waals surface area (Å²) < 4.78 is 14.4. The fourth-order valence-corrected chi connectivity index (χ4v) is 10.3. The lowest BCUT2D eigenvalue weighted by Crippen LogP contribution is -2.47. The van der Waals surface area contributed by atoms with Gasteiger partial charge in [0.05, 0.1) is 57.5 Å². The fraction of sp³-hybridized carbons (Fsp3) is 0.417. The maximum absolute atomic E-state index is 12.6. The molecule has 4 saturated heterocycles. The van der Waals surface area contributed by atoms with Crippen LogP contribution in [0.1, 0.15) is 91.1 Å². The number of fused-ring (bicyclic) bond motifs is 6. The maximum Gasteiger partial charge on any atom is 0.410 e. The number of amides is 1. The van der Waals surface area contributed by atoms with Crippen LogP contribution in [-0.4, -0.2) is 81.9 Å². The van der Waals surface area contributed by atoms with E-state index in [-0.39, 0.29) is 36.4 Å². The number of halogens is 3. The van der Waals surface area contributed by atoms with Crippen molar-refractivity contribution in [2.45, 2.75) is 128 Å². The van der Waals surface area contributed by atoms with Gasteiger partial charge in [-0.05, 0) is 115 Å². The lowest BCUT2D eigenvalue weighted by molar-refractivity contribution is 0.0418. The second-order valence-electron chi connectivity index (χ2n) is 17.7. The molecule has 4 aromatic heterocycles. The molecular weight excluding hydrogens is 915 g/mol. The van der Waals surface area contributed by atoms with Crippen LogP contribution in [-0.2, 0) is 9.47 Å². The summed E-state index contributed by atoms with van der Waals surface area (Å²) in [6.07, 6.45) is 15.5. The first-order valence-corrected chi connectivity index (χ1v) is 23.5. The molecule has 10 rings (SSSR count). The number of hydrogen-bond donors (Lipinski definition) is 3. The number of rotatable bonds is 8. The van der Waals surface area contributed by atoms with Crippen molar-refractivity contribution in [1.82, 2.24) is 39.3 Å². The number of hydrogen-bond acceptors (Lipinski definition) is 11. The van der Waals surface area contributed by atoms with Crippen LogP contribution >= 0.6 is 34.8 Å². The number of benzene rings is 2. The third-order valence-electron chi connectivity index (χ3n) is 12.5. The molecule has 4 unspecified atom stereocenters. The van der Waals surface area contributed by atoms with E-state index in [1.54, 1.807) is 56.8 Å². The first-order chi connectivity index (χ1) is 32.3. The van der Waals surface area contributed by atoms with E-state index < -0.39 is 5.43 Å². The van der Waals surface area contributed by atoms with Gasteiger partial charge >= 0.3 is 11.5 Å². The van der Waals surface area contributed by atoms with Gasteiger partial charge in [0.2, 0.25) is 0 Å². The number of nitrogens with one attached hydrogen (secondary N) is 3. The topological polar surface area (TPSA) is 162 Å². The summed E-state index contributed by atoms with van der Waals surface area (Å²) in [5.74, 6) is 1.39. The summed E-state index contributed by atoms with van der Waals surface area (Å²) in [5, 5.41) is 13.1. The smallest absolute Gasteiger partial charge is 0.410 e. The van der Waals surface area contributed by atoms with Gasteiger partial charge in [-0.2, -0.15) is 0 Å². The molecule has 2 aromatic carbocycles. The van der Waals surface area contributed by atoms with Crippen LogP contribution in [0.25, 0.3) is 31.8 Å². The van der Waals surface area contributed by atoms with Crippen molar-refractivity contribution in [3.05, 3.63) is 106 Å². The van der Waals surface area contributed by atoms with E-state index in [2.05, 4.69) is 77.9 Å². The number of carbonyl (C=O) groups is 2. The maximum atomic E-state index is 12.6. The van der Waals surface area contributed by atoms with Crippen LogP contribution in [0.5, 0.6) is 0 Å². The molecule has 0 saturated carbocycles. The number of aromatic nitrogens is 6. The molecule has 4 bridgehead atoms. The predicted molar refractivity (Wildman–Crippen MR) is 261 cm³/mol. The molecular formula is C48H51Cl3N12O4. The molecule has 0 radical (unpaired) electrons. The minimum atomic E-state index is -0.741. The van der Waals surface area contributed by atoms with Crippen LogP contribution in [0.4, 0.5) is 44.0 Å². The number of anilines is 4. The summed E-state index contributed by atoms with van der Waals surface area (Å²) in [6.45, 7) is 21.5. The summed E-state index contributed by atoms with van der Waals surface area (Å²) in [5.41, 5.74) is 3.49. The Kier molecular flexibility index (Phi) is 14.7. The Bertz CT molecular complexity index is 2830. The fourth-order valence-electron chi connectivity index (χ4n) is 9.71. The Labute approximate surface area is 404 Å². The van der Waals surface area contributed by atoms with E-state index in [0.717, 1.165) is 72.1 Å². The van der Waals surface area contributed by atoms with Crippen molar-refractivity contribution in [3.63, 3.8) is 0 Å². The Morgan fingerprint density at radius 2 is 1.13 bits per heavy atom. The monoisotopic (exact) mass is 964 g/mol. The highest BCUT2D eigenvalue weighted by Gasteiger charge is 2.45. The minimum absolute atomic E-state index is 0.106. The minimum Gasteiger partial charge on any atom is -0.451 e. The molecule has 4 aliphatic heterocycles. The molecule has 4 atom stereocenters. The lowest BCUT2D eigenvalue weighted by atomic mass is 9.97. The van der Waals surface area contributed by atoms with Crippen molar-refractivity contribution >= 4 is 103 Å². The van der Waals surface area contributed by atoms with Crippen molar-refractivity contribution in [1.29, 1.82) is 0 Å². The van der Waals surface area contributed by atoms with Crippen molar-refractivity contribution in [3.8, 4) is 0 Å². The van der Waals surface area contributed by atoms with Crippen molar-refractivity contribution in [2.24, 2.45) is 0 Å². The third kappa shape index (κ3) is 10.8. The zero-order chi connectivity index (χ0) is 47.4. The molecule has 8 heterocycles. The highest BCUT2D eigenvalue weighted by atomic mass is 35.5. The first kappa shape index (κ1) is 47.3. The van der Waals surface area contributed by atoms with E-state index in [0.29, 0.717) is 51.1 Å². The van der Waals surface area contributed by atoms with Gasteiger partial charge in [-0.15, -0.1) is 0 Å². The molecule has 16 nitrogen and oxygen atoms in total. The Balaban J connectivity index is 0.000000161. The van der Waals surface area contributed by atoms with E-state index >= 15 is 0 Å². The normalized spacial score (nSPS) is 21.4. The third-order valence-corrected chi connectivity index (χ3v) is 13.2. The standard InChI is InChI=1S/C24H25ClN6O2.C20H19ClN6.C4H7ClO2/c1-14(2)33-24(32)31-16-5-6-17(31)12-18(11-16)30-9-8-19-22(27-13-28-23(19)30)29-21-7-4-15(26-3)10-20(21)25;1-22-12-4-5-18(17(21)10-12)26-19-16-6-7-27(20(16)24-11-23-19)15-8-13-2-3-14(9-15)25-13;1-3(2)7-4(5)6/h4,7-10,13-14,16-18H,5-6,11-12H2,1-2H3,(H,27,28,29);4-7,10-11,13-15,25H,2-3,8-9H2,(H,23,24,26);3H,1-2H3. The Morgan fingerprint density at radius 3 is 1.54 bits per heavy atom. The number of piperidine rings is 2. The van der Waals surface area contributed by atoms with Gasteiger partial charge in [-0.1, -0.05) is 35.3 Å². The van der Waals surface area contributed by atoms with E-state index in [9.17, 15) is 9.59 Å². The highest BCUT2D eigenvalue weighted by molar-refractivity contribution is 6.61. The second kappa shape index (κ2) is 20.8. The summed E-state index contributed by atoms with van der Waals surface area (Å²) in [7, 11) is 0. The average molecular weight is 966 g/mol.